The molecule has 90 valence electrons. The number of aromatic hydroxyl groups is 2. The maximum atomic E-state index is 11.9. The highest BCUT2D eigenvalue weighted by molar-refractivity contribution is 5.97. The van der Waals surface area contributed by atoms with Gasteiger partial charge in [0.05, 0.1) is 5.56 Å². The molecule has 0 bridgehead atoms. The third kappa shape index (κ3) is 2.58. The van der Waals surface area contributed by atoms with Gasteiger partial charge in [0, 0.05) is 6.04 Å². The number of hydrogen-bond acceptors (Lipinski definition) is 3. The summed E-state index contributed by atoms with van der Waals surface area (Å²) < 4.78 is 0. The first-order valence-corrected chi connectivity index (χ1v) is 5.65. The number of amides is 1. The van der Waals surface area contributed by atoms with E-state index in [4.69, 9.17) is 0 Å². The summed E-state index contributed by atoms with van der Waals surface area (Å²) in [4.78, 5) is 11.9. The van der Waals surface area contributed by atoms with Gasteiger partial charge >= 0.3 is 0 Å². The summed E-state index contributed by atoms with van der Waals surface area (Å²) in [5.74, 6) is -0.990. The van der Waals surface area contributed by atoms with Crippen LogP contribution in [0.4, 0.5) is 0 Å². The highest BCUT2D eigenvalue weighted by Crippen LogP contribution is 2.28. The Balaban J connectivity index is 2.09. The number of nitrogens with one attached hydrogen (secondary N) is 1. The number of carbonyl (C=O) groups excluding carboxylic acids is 1. The number of phenols is 2. The first-order valence-electron chi connectivity index (χ1n) is 5.65. The molecule has 4 heteroatoms. The summed E-state index contributed by atoms with van der Waals surface area (Å²) in [7, 11) is 0. The summed E-state index contributed by atoms with van der Waals surface area (Å²) in [5.41, 5.74) is 0.111. The minimum atomic E-state index is -0.364. The zero-order valence-corrected chi connectivity index (χ0v) is 9.39. The van der Waals surface area contributed by atoms with Crippen LogP contribution in [0.2, 0.25) is 0 Å². The van der Waals surface area contributed by atoms with Gasteiger partial charge in [0.1, 0.15) is 0 Å². The van der Waals surface area contributed by atoms with Gasteiger partial charge in [0.25, 0.3) is 5.91 Å². The van der Waals surface area contributed by atoms with Crippen molar-refractivity contribution < 1.29 is 15.0 Å². The average Bonchev–Trinajstić information content (AvgIpc) is 2.34. The molecule has 1 aromatic rings. The molecular formula is C13H15NO3. The van der Waals surface area contributed by atoms with Crippen molar-refractivity contribution in [1.82, 2.24) is 5.32 Å². The molecule has 2 rings (SSSR count). The van der Waals surface area contributed by atoms with Gasteiger partial charge in [0.2, 0.25) is 0 Å². The van der Waals surface area contributed by atoms with Crippen molar-refractivity contribution in [1.29, 1.82) is 0 Å². The topological polar surface area (TPSA) is 69.6 Å². The van der Waals surface area contributed by atoms with E-state index in [-0.39, 0.29) is 29.0 Å². The summed E-state index contributed by atoms with van der Waals surface area (Å²) in [5, 5.41) is 21.7. The van der Waals surface area contributed by atoms with E-state index < -0.39 is 0 Å². The van der Waals surface area contributed by atoms with Crippen LogP contribution in [0.3, 0.4) is 0 Å². The second-order valence-electron chi connectivity index (χ2n) is 4.13. The number of benzene rings is 1. The number of carbonyl (C=O) groups is 1. The molecule has 3 N–H and O–H groups in total. The van der Waals surface area contributed by atoms with Gasteiger partial charge in [-0.25, -0.2) is 0 Å². The molecule has 1 amide bonds. The monoisotopic (exact) mass is 233 g/mol. The quantitative estimate of drug-likeness (QED) is 0.540. The molecule has 1 aliphatic carbocycles. The Bertz CT molecular complexity index is 454. The van der Waals surface area contributed by atoms with Crippen molar-refractivity contribution >= 4 is 5.91 Å². The Morgan fingerprint density at radius 1 is 1.29 bits per heavy atom. The summed E-state index contributed by atoms with van der Waals surface area (Å²) in [6.45, 7) is 0. The molecule has 4 nitrogen and oxygen atoms in total. The van der Waals surface area contributed by atoms with Crippen LogP contribution in [0, 0.1) is 0 Å². The smallest absolute Gasteiger partial charge is 0.255 e. The first kappa shape index (κ1) is 11.5. The third-order valence-electron chi connectivity index (χ3n) is 2.86. The molecule has 0 saturated heterocycles. The molecule has 1 atom stereocenters. The largest absolute Gasteiger partial charge is 0.504 e. The van der Waals surface area contributed by atoms with Gasteiger partial charge < -0.3 is 15.5 Å². The normalized spacial score (nSPS) is 18.9. The number of phenolic OH excluding ortho intramolecular Hbond substituents is 2. The van der Waals surface area contributed by atoms with Gasteiger partial charge in [0.15, 0.2) is 11.5 Å². The zero-order valence-electron chi connectivity index (χ0n) is 9.39. The SMILES string of the molecule is O=C(N[C@@H]1CC=CCC1)c1cccc(O)c1O. The van der Waals surface area contributed by atoms with Crippen molar-refractivity contribution in [3.05, 3.63) is 35.9 Å². The Hall–Kier alpha value is -1.97. The number of allylic oxidation sites excluding steroid dienone is 1. The van der Waals surface area contributed by atoms with Crippen LogP contribution in [-0.2, 0) is 0 Å². The minimum Gasteiger partial charge on any atom is -0.504 e. The van der Waals surface area contributed by atoms with E-state index in [2.05, 4.69) is 11.4 Å². The summed E-state index contributed by atoms with van der Waals surface area (Å²) >= 11 is 0. The molecule has 0 spiro atoms. The van der Waals surface area contributed by atoms with Gasteiger partial charge in [-0.15, -0.1) is 0 Å². The molecule has 0 radical (unpaired) electrons. The van der Waals surface area contributed by atoms with E-state index in [0.29, 0.717) is 0 Å². The highest BCUT2D eigenvalue weighted by atomic mass is 16.3. The van der Waals surface area contributed by atoms with Gasteiger partial charge in [-0.2, -0.15) is 0 Å². The highest BCUT2D eigenvalue weighted by Gasteiger charge is 2.18. The van der Waals surface area contributed by atoms with E-state index in [9.17, 15) is 15.0 Å². The maximum absolute atomic E-state index is 11.9. The summed E-state index contributed by atoms with van der Waals surface area (Å²) in [6, 6.07) is 4.47. The van der Waals surface area contributed by atoms with Gasteiger partial charge in [-0.05, 0) is 31.4 Å². The molecule has 17 heavy (non-hydrogen) atoms. The van der Waals surface area contributed by atoms with E-state index in [1.165, 1.54) is 18.2 Å². The molecule has 0 fully saturated rings. The van der Waals surface area contributed by atoms with Crippen molar-refractivity contribution in [2.75, 3.05) is 0 Å². The van der Waals surface area contributed by atoms with Crippen LogP contribution >= 0.6 is 0 Å². The third-order valence-corrected chi connectivity index (χ3v) is 2.86. The summed E-state index contributed by atoms with van der Waals surface area (Å²) in [6.07, 6.45) is 6.80. The average molecular weight is 233 g/mol. The standard InChI is InChI=1S/C13H15NO3/c15-11-8-4-7-10(12(11)16)13(17)14-9-5-2-1-3-6-9/h1-2,4,7-9,15-16H,3,5-6H2,(H,14,17)/t9-/m1/s1. The number of para-hydroxylation sites is 1. The molecular weight excluding hydrogens is 218 g/mol. The molecule has 0 saturated carbocycles. The predicted octanol–water partition coefficient (Wildman–Crippen LogP) is 1.94. The lowest BCUT2D eigenvalue weighted by Gasteiger charge is -2.19. The van der Waals surface area contributed by atoms with Crippen LogP contribution < -0.4 is 5.32 Å². The lowest BCUT2D eigenvalue weighted by Crippen LogP contribution is -2.35. The van der Waals surface area contributed by atoms with Gasteiger partial charge in [-0.1, -0.05) is 18.2 Å². The molecule has 0 aromatic heterocycles. The van der Waals surface area contributed by atoms with Crippen LogP contribution in [0.15, 0.2) is 30.4 Å². The van der Waals surface area contributed by atoms with E-state index >= 15 is 0 Å². The minimum absolute atomic E-state index is 0.106. The molecule has 1 aromatic carbocycles. The Labute approximate surface area is 99.6 Å². The van der Waals surface area contributed by atoms with Crippen molar-refractivity contribution in [3.8, 4) is 11.5 Å². The fraction of sp³-hybridized carbons (Fsp3) is 0.308. The van der Waals surface area contributed by atoms with Crippen LogP contribution in [-0.4, -0.2) is 22.2 Å². The molecule has 0 aliphatic heterocycles. The Morgan fingerprint density at radius 2 is 2.12 bits per heavy atom. The molecule has 0 heterocycles. The van der Waals surface area contributed by atoms with Gasteiger partial charge in [-0.3, -0.25) is 4.79 Å². The number of rotatable bonds is 2. The van der Waals surface area contributed by atoms with E-state index in [0.717, 1.165) is 19.3 Å². The Kier molecular flexibility index (Phi) is 3.32. The first-order chi connectivity index (χ1) is 8.18. The van der Waals surface area contributed by atoms with Crippen molar-refractivity contribution in [2.24, 2.45) is 0 Å². The van der Waals surface area contributed by atoms with Crippen LogP contribution in [0.5, 0.6) is 11.5 Å². The van der Waals surface area contributed by atoms with Crippen molar-refractivity contribution in [3.63, 3.8) is 0 Å². The van der Waals surface area contributed by atoms with E-state index in [1.807, 2.05) is 6.08 Å². The maximum Gasteiger partial charge on any atom is 0.255 e. The second kappa shape index (κ2) is 4.91. The zero-order chi connectivity index (χ0) is 12.3. The van der Waals surface area contributed by atoms with Crippen LogP contribution in [0.1, 0.15) is 29.6 Å². The number of hydrogen-bond donors (Lipinski definition) is 3. The fourth-order valence-electron chi connectivity index (χ4n) is 1.90. The predicted molar refractivity (Wildman–Crippen MR) is 64.0 cm³/mol. The lowest BCUT2D eigenvalue weighted by atomic mass is 10.0. The molecule has 0 unspecified atom stereocenters. The fourth-order valence-corrected chi connectivity index (χ4v) is 1.90. The van der Waals surface area contributed by atoms with Crippen molar-refractivity contribution in [2.45, 2.75) is 25.3 Å². The second-order valence-corrected chi connectivity index (χ2v) is 4.13. The Morgan fingerprint density at radius 3 is 2.82 bits per heavy atom. The van der Waals surface area contributed by atoms with E-state index in [1.54, 1.807) is 0 Å². The lowest BCUT2D eigenvalue weighted by molar-refractivity contribution is 0.0931. The van der Waals surface area contributed by atoms with Crippen LogP contribution in [0.25, 0.3) is 0 Å². The molecule has 1 aliphatic rings.